The van der Waals surface area contributed by atoms with E-state index in [1.807, 2.05) is 13.8 Å². The predicted octanol–water partition coefficient (Wildman–Crippen LogP) is 4.93. The molecule has 3 rings (SSSR count). The van der Waals surface area contributed by atoms with E-state index < -0.39 is 40.2 Å². The molecule has 0 aromatic heterocycles. The molecule has 0 radical (unpaired) electrons. The number of rotatable bonds is 11. The normalized spacial score (nSPS) is 12.0. The molecule has 0 unspecified atom stereocenters. The van der Waals surface area contributed by atoms with Crippen molar-refractivity contribution >= 4 is 39.1 Å². The van der Waals surface area contributed by atoms with Crippen LogP contribution in [0.3, 0.4) is 0 Å². The SMILES string of the molecule is CCCNC(=O)[C@H](C)N(Cc1ccccc1F)C(=O)CN(c1ccc(C)cc1)S(=O)(=O)c1ccc(Cl)cc1. The third-order valence-electron chi connectivity index (χ3n) is 6.02. The van der Waals surface area contributed by atoms with Gasteiger partial charge in [-0.15, -0.1) is 0 Å². The van der Waals surface area contributed by atoms with Gasteiger partial charge >= 0.3 is 0 Å². The number of carbonyl (C=O) groups is 2. The molecular weight excluding hydrogens is 529 g/mol. The topological polar surface area (TPSA) is 86.8 Å². The highest BCUT2D eigenvalue weighted by Crippen LogP contribution is 2.26. The molecule has 0 heterocycles. The Bertz CT molecular complexity index is 1370. The quantitative estimate of drug-likeness (QED) is 0.361. The Labute approximate surface area is 228 Å². The highest BCUT2D eigenvalue weighted by Gasteiger charge is 2.32. The summed E-state index contributed by atoms with van der Waals surface area (Å²) in [5.74, 6) is -1.61. The van der Waals surface area contributed by atoms with Crippen molar-refractivity contribution in [2.45, 2.75) is 44.7 Å². The fourth-order valence-electron chi connectivity index (χ4n) is 3.76. The summed E-state index contributed by atoms with van der Waals surface area (Å²) in [6.45, 7) is 4.88. The number of benzene rings is 3. The van der Waals surface area contributed by atoms with Crippen LogP contribution < -0.4 is 9.62 Å². The summed E-state index contributed by atoms with van der Waals surface area (Å²) >= 11 is 5.95. The smallest absolute Gasteiger partial charge is 0.264 e. The molecule has 0 saturated carbocycles. The first kappa shape index (κ1) is 29.1. The maximum absolute atomic E-state index is 14.5. The fourth-order valence-corrected chi connectivity index (χ4v) is 5.30. The molecule has 2 amide bonds. The zero-order valence-corrected chi connectivity index (χ0v) is 23.1. The summed E-state index contributed by atoms with van der Waals surface area (Å²) in [7, 11) is -4.20. The maximum atomic E-state index is 14.5. The van der Waals surface area contributed by atoms with E-state index in [1.54, 1.807) is 30.3 Å². The maximum Gasteiger partial charge on any atom is 0.264 e. The summed E-state index contributed by atoms with van der Waals surface area (Å²) in [5, 5.41) is 3.12. The van der Waals surface area contributed by atoms with E-state index in [9.17, 15) is 22.4 Å². The summed E-state index contributed by atoms with van der Waals surface area (Å²) in [4.78, 5) is 27.7. The van der Waals surface area contributed by atoms with E-state index in [4.69, 9.17) is 11.6 Å². The Morgan fingerprint density at radius 3 is 2.24 bits per heavy atom. The number of nitrogens with one attached hydrogen (secondary N) is 1. The highest BCUT2D eigenvalue weighted by atomic mass is 35.5. The lowest BCUT2D eigenvalue weighted by Gasteiger charge is -2.32. The number of carbonyl (C=O) groups excluding carboxylic acids is 2. The Balaban J connectivity index is 2.02. The van der Waals surface area contributed by atoms with Crippen LogP contribution in [0.4, 0.5) is 10.1 Å². The van der Waals surface area contributed by atoms with Crippen molar-refractivity contribution < 1.29 is 22.4 Å². The number of nitrogens with zero attached hydrogens (tertiary/aromatic N) is 2. The van der Waals surface area contributed by atoms with E-state index in [0.717, 1.165) is 9.87 Å². The second-order valence-electron chi connectivity index (χ2n) is 8.88. The van der Waals surface area contributed by atoms with Crippen LogP contribution in [-0.2, 0) is 26.2 Å². The fraction of sp³-hybridized carbons (Fsp3) is 0.286. The van der Waals surface area contributed by atoms with Gasteiger partial charge in [-0.05, 0) is 62.7 Å². The second-order valence-corrected chi connectivity index (χ2v) is 11.2. The minimum absolute atomic E-state index is 0.0512. The highest BCUT2D eigenvalue weighted by molar-refractivity contribution is 7.92. The van der Waals surface area contributed by atoms with Crippen LogP contribution >= 0.6 is 11.6 Å². The van der Waals surface area contributed by atoms with Crippen LogP contribution in [0.25, 0.3) is 0 Å². The van der Waals surface area contributed by atoms with Gasteiger partial charge in [-0.1, -0.05) is 54.4 Å². The number of aryl methyl sites for hydroxylation is 1. The minimum Gasteiger partial charge on any atom is -0.354 e. The zero-order chi connectivity index (χ0) is 27.9. The molecule has 1 atom stereocenters. The van der Waals surface area contributed by atoms with Crippen molar-refractivity contribution in [2.24, 2.45) is 0 Å². The van der Waals surface area contributed by atoms with Crippen LogP contribution in [0.1, 0.15) is 31.4 Å². The van der Waals surface area contributed by atoms with Crippen molar-refractivity contribution in [3.63, 3.8) is 0 Å². The van der Waals surface area contributed by atoms with Crippen LogP contribution in [0.5, 0.6) is 0 Å². The molecule has 0 bridgehead atoms. The van der Waals surface area contributed by atoms with Gasteiger partial charge in [-0.2, -0.15) is 0 Å². The van der Waals surface area contributed by atoms with Gasteiger partial charge in [0.25, 0.3) is 10.0 Å². The van der Waals surface area contributed by atoms with Gasteiger partial charge in [-0.25, -0.2) is 12.8 Å². The lowest BCUT2D eigenvalue weighted by atomic mass is 10.1. The molecule has 38 heavy (non-hydrogen) atoms. The Morgan fingerprint density at radius 1 is 1.00 bits per heavy atom. The predicted molar refractivity (Wildman–Crippen MR) is 147 cm³/mol. The first-order chi connectivity index (χ1) is 18.0. The molecule has 10 heteroatoms. The molecule has 202 valence electrons. The van der Waals surface area contributed by atoms with Gasteiger partial charge < -0.3 is 10.2 Å². The zero-order valence-electron chi connectivity index (χ0n) is 21.5. The summed E-state index contributed by atoms with van der Waals surface area (Å²) in [6.07, 6.45) is 0.695. The second kappa shape index (κ2) is 12.9. The number of hydrogen-bond donors (Lipinski definition) is 1. The van der Waals surface area contributed by atoms with Gasteiger partial charge in [0.1, 0.15) is 18.4 Å². The number of amides is 2. The first-order valence-electron chi connectivity index (χ1n) is 12.2. The van der Waals surface area contributed by atoms with Crippen molar-refractivity contribution in [3.05, 3.63) is 94.8 Å². The molecule has 3 aromatic carbocycles. The molecule has 0 aliphatic rings. The standard InChI is InChI=1S/C28H31ClFN3O4S/c1-4-17-31-28(35)21(3)32(18-22-7-5-6-8-26(22)30)27(34)19-33(24-13-9-20(2)10-14-24)38(36,37)25-15-11-23(29)12-16-25/h5-16,21H,4,17-19H2,1-3H3,(H,31,35)/t21-/m0/s1. The molecule has 0 aliphatic carbocycles. The lowest BCUT2D eigenvalue weighted by molar-refractivity contribution is -0.139. The average Bonchev–Trinajstić information content (AvgIpc) is 2.90. The number of hydrogen-bond acceptors (Lipinski definition) is 4. The third kappa shape index (κ3) is 7.11. The first-order valence-corrected chi connectivity index (χ1v) is 14.0. The van der Waals surface area contributed by atoms with E-state index in [0.29, 0.717) is 18.0 Å². The van der Waals surface area contributed by atoms with Crippen LogP contribution in [0.15, 0.2) is 77.7 Å². The van der Waals surface area contributed by atoms with E-state index >= 15 is 0 Å². The van der Waals surface area contributed by atoms with E-state index in [2.05, 4.69) is 5.32 Å². The number of anilines is 1. The summed E-state index contributed by atoms with van der Waals surface area (Å²) in [5.41, 5.74) is 1.39. The van der Waals surface area contributed by atoms with Gasteiger partial charge in [-0.3, -0.25) is 13.9 Å². The molecule has 7 nitrogen and oxygen atoms in total. The van der Waals surface area contributed by atoms with Gasteiger partial charge in [0, 0.05) is 23.7 Å². The third-order valence-corrected chi connectivity index (χ3v) is 8.06. The molecule has 0 aliphatic heterocycles. The van der Waals surface area contributed by atoms with E-state index in [-0.39, 0.29) is 22.7 Å². The Kier molecular flexibility index (Phi) is 9.88. The van der Waals surface area contributed by atoms with E-state index in [1.165, 1.54) is 54.3 Å². The van der Waals surface area contributed by atoms with Crippen LogP contribution in [0.2, 0.25) is 5.02 Å². The van der Waals surface area contributed by atoms with Crippen LogP contribution in [-0.4, -0.2) is 44.3 Å². The van der Waals surface area contributed by atoms with Gasteiger partial charge in [0.15, 0.2) is 0 Å². The average molecular weight is 560 g/mol. The monoisotopic (exact) mass is 559 g/mol. The molecule has 0 fully saturated rings. The minimum atomic E-state index is -4.20. The van der Waals surface area contributed by atoms with Crippen molar-refractivity contribution in [1.82, 2.24) is 10.2 Å². The Morgan fingerprint density at radius 2 is 1.63 bits per heavy atom. The Hall–Kier alpha value is -3.43. The number of halogens is 2. The largest absolute Gasteiger partial charge is 0.354 e. The summed E-state index contributed by atoms with van der Waals surface area (Å²) in [6, 6.07) is 17.3. The molecule has 1 N–H and O–H groups in total. The molecule has 0 saturated heterocycles. The van der Waals surface area contributed by atoms with Crippen molar-refractivity contribution in [3.8, 4) is 0 Å². The summed E-state index contributed by atoms with van der Waals surface area (Å²) < 4.78 is 43.0. The number of sulfonamides is 1. The molecule has 0 spiro atoms. The lowest BCUT2D eigenvalue weighted by Crippen LogP contribution is -2.51. The van der Waals surface area contributed by atoms with Crippen molar-refractivity contribution in [1.29, 1.82) is 0 Å². The van der Waals surface area contributed by atoms with Gasteiger partial charge in [0.05, 0.1) is 10.6 Å². The molecule has 3 aromatic rings. The molecular formula is C28H31ClFN3O4S. The van der Waals surface area contributed by atoms with Crippen molar-refractivity contribution in [2.75, 3.05) is 17.4 Å². The van der Waals surface area contributed by atoms with Crippen LogP contribution in [0, 0.1) is 12.7 Å². The van der Waals surface area contributed by atoms with Gasteiger partial charge in [0.2, 0.25) is 11.8 Å².